The third kappa shape index (κ3) is 4.62. The van der Waals surface area contributed by atoms with Crippen LogP contribution in [0.15, 0.2) is 23.1 Å². The van der Waals surface area contributed by atoms with Crippen LogP contribution in [0.3, 0.4) is 0 Å². The Hall–Kier alpha value is -0.730. The molecule has 0 spiro atoms. The lowest BCUT2D eigenvalue weighted by atomic mass is 10.3. The van der Waals surface area contributed by atoms with Gasteiger partial charge < -0.3 is 4.74 Å². The molecule has 118 valence electrons. The molecule has 21 heavy (non-hydrogen) atoms. The average molecular weight is 337 g/mol. The van der Waals surface area contributed by atoms with Crippen LogP contribution in [-0.2, 0) is 14.8 Å². The van der Waals surface area contributed by atoms with E-state index in [2.05, 4.69) is 9.62 Å². The number of sulfonamides is 1. The molecule has 1 N–H and O–H groups in total. The predicted octanol–water partition coefficient (Wildman–Crippen LogP) is 1.48. The predicted molar refractivity (Wildman–Crippen MR) is 78.5 cm³/mol. The van der Waals surface area contributed by atoms with E-state index < -0.39 is 20.7 Å². The molecule has 0 unspecified atom stereocenters. The van der Waals surface area contributed by atoms with Crippen LogP contribution in [0.5, 0.6) is 0 Å². The quantitative estimate of drug-likeness (QED) is 0.885. The first-order valence-corrected chi connectivity index (χ1v) is 8.60. The summed E-state index contributed by atoms with van der Waals surface area (Å²) in [6.45, 7) is 3.80. The Balaban J connectivity index is 1.93. The fourth-order valence-corrected chi connectivity index (χ4v) is 3.48. The van der Waals surface area contributed by atoms with Gasteiger partial charge in [-0.15, -0.1) is 0 Å². The highest BCUT2D eigenvalue weighted by molar-refractivity contribution is 7.89. The van der Waals surface area contributed by atoms with E-state index in [-0.39, 0.29) is 11.6 Å². The van der Waals surface area contributed by atoms with Gasteiger partial charge in [0, 0.05) is 32.8 Å². The van der Waals surface area contributed by atoms with E-state index in [4.69, 9.17) is 16.3 Å². The molecule has 5 nitrogen and oxygen atoms in total. The van der Waals surface area contributed by atoms with Crippen LogP contribution in [0.25, 0.3) is 0 Å². The van der Waals surface area contributed by atoms with Crippen molar-refractivity contribution in [2.24, 2.45) is 0 Å². The smallest absolute Gasteiger partial charge is 0.243 e. The lowest BCUT2D eigenvalue weighted by Gasteiger charge is -2.19. The molecule has 0 atom stereocenters. The highest BCUT2D eigenvalue weighted by Crippen LogP contribution is 2.21. The molecule has 2 rings (SSSR count). The second-order valence-electron chi connectivity index (χ2n) is 4.76. The maximum absolute atomic E-state index is 13.8. The first kappa shape index (κ1) is 16.6. The van der Waals surface area contributed by atoms with Crippen LogP contribution in [0.2, 0.25) is 5.02 Å². The van der Waals surface area contributed by atoms with Crippen LogP contribution in [0.4, 0.5) is 4.39 Å². The van der Waals surface area contributed by atoms with Crippen molar-refractivity contribution in [2.45, 2.75) is 11.3 Å². The zero-order valence-corrected chi connectivity index (χ0v) is 13.1. The van der Waals surface area contributed by atoms with Gasteiger partial charge in [-0.1, -0.05) is 17.7 Å². The van der Waals surface area contributed by atoms with Crippen LogP contribution >= 0.6 is 11.6 Å². The molecule has 1 aliphatic heterocycles. The zero-order valence-electron chi connectivity index (χ0n) is 11.5. The highest BCUT2D eigenvalue weighted by atomic mass is 35.5. The van der Waals surface area contributed by atoms with E-state index in [0.29, 0.717) is 13.2 Å². The summed E-state index contributed by atoms with van der Waals surface area (Å²) in [6, 6.07) is 3.92. The summed E-state index contributed by atoms with van der Waals surface area (Å²) in [7, 11) is -3.89. The second-order valence-corrected chi connectivity index (χ2v) is 6.90. The number of rotatable bonds is 5. The summed E-state index contributed by atoms with van der Waals surface area (Å²) in [4.78, 5) is 1.69. The van der Waals surface area contributed by atoms with E-state index in [1.165, 1.54) is 18.2 Å². The van der Waals surface area contributed by atoms with E-state index in [0.717, 1.165) is 26.1 Å². The monoisotopic (exact) mass is 336 g/mol. The van der Waals surface area contributed by atoms with E-state index in [1.807, 2.05) is 0 Å². The molecule has 8 heteroatoms. The van der Waals surface area contributed by atoms with Gasteiger partial charge in [-0.3, -0.25) is 4.90 Å². The molecule has 1 aromatic rings. The number of hydrogen-bond donors (Lipinski definition) is 1. The van der Waals surface area contributed by atoms with Gasteiger partial charge in [0.1, 0.15) is 4.90 Å². The molecule has 0 amide bonds. The normalized spacial score (nSPS) is 17.6. The lowest BCUT2D eigenvalue weighted by molar-refractivity contribution is 0.142. The van der Waals surface area contributed by atoms with Crippen molar-refractivity contribution in [3.63, 3.8) is 0 Å². The Bertz CT molecular complexity index is 575. The van der Waals surface area contributed by atoms with Crippen molar-refractivity contribution in [2.75, 3.05) is 39.4 Å². The Morgan fingerprint density at radius 2 is 2.14 bits per heavy atom. The van der Waals surface area contributed by atoms with Gasteiger partial charge in [-0.05, 0) is 18.6 Å². The standard InChI is InChI=1S/C13H18ClFN2O3S/c14-11-3-1-4-12(13(11)15)21(18,19)16-5-7-17-6-2-9-20-10-8-17/h1,3-4,16H,2,5-10H2. The van der Waals surface area contributed by atoms with Crippen molar-refractivity contribution in [3.8, 4) is 0 Å². The van der Waals surface area contributed by atoms with Crippen molar-refractivity contribution >= 4 is 21.6 Å². The largest absolute Gasteiger partial charge is 0.380 e. The number of hydrogen-bond acceptors (Lipinski definition) is 4. The van der Waals surface area contributed by atoms with Crippen molar-refractivity contribution in [1.82, 2.24) is 9.62 Å². The molecule has 0 bridgehead atoms. The molecule has 1 aliphatic rings. The molecule has 1 heterocycles. The summed E-state index contributed by atoms with van der Waals surface area (Å²) in [5.41, 5.74) is 0. The molecule has 1 aromatic carbocycles. The molecule has 0 radical (unpaired) electrons. The van der Waals surface area contributed by atoms with E-state index in [1.54, 1.807) is 0 Å². The van der Waals surface area contributed by atoms with Crippen LogP contribution < -0.4 is 4.72 Å². The molecule has 1 saturated heterocycles. The minimum Gasteiger partial charge on any atom is -0.380 e. The average Bonchev–Trinajstić information content (AvgIpc) is 2.70. The maximum Gasteiger partial charge on any atom is 0.243 e. The minimum atomic E-state index is -3.89. The van der Waals surface area contributed by atoms with Crippen molar-refractivity contribution < 1.29 is 17.5 Å². The highest BCUT2D eigenvalue weighted by Gasteiger charge is 2.20. The number of benzene rings is 1. The fourth-order valence-electron chi connectivity index (χ4n) is 2.13. The summed E-state index contributed by atoms with van der Waals surface area (Å²) in [6.07, 6.45) is 0.926. The van der Waals surface area contributed by atoms with Crippen LogP contribution in [0, 0.1) is 5.82 Å². The summed E-state index contributed by atoms with van der Waals surface area (Å²) in [5, 5.41) is -0.206. The Labute approximate surface area is 129 Å². The Morgan fingerprint density at radius 1 is 1.33 bits per heavy atom. The van der Waals surface area contributed by atoms with Gasteiger partial charge in [0.05, 0.1) is 11.6 Å². The molecule has 0 saturated carbocycles. The van der Waals surface area contributed by atoms with Gasteiger partial charge >= 0.3 is 0 Å². The lowest BCUT2D eigenvalue weighted by Crippen LogP contribution is -2.36. The first-order valence-electron chi connectivity index (χ1n) is 6.74. The second kappa shape index (κ2) is 7.51. The Kier molecular flexibility index (Phi) is 5.95. The third-order valence-electron chi connectivity index (χ3n) is 3.24. The van der Waals surface area contributed by atoms with Gasteiger partial charge in [-0.2, -0.15) is 0 Å². The zero-order chi connectivity index (χ0) is 15.3. The molecule has 1 fully saturated rings. The summed E-state index contributed by atoms with van der Waals surface area (Å²) >= 11 is 5.60. The van der Waals surface area contributed by atoms with Gasteiger partial charge in [0.15, 0.2) is 5.82 Å². The molecule has 0 aromatic heterocycles. The number of nitrogens with one attached hydrogen (secondary N) is 1. The van der Waals surface area contributed by atoms with Gasteiger partial charge in [0.25, 0.3) is 0 Å². The fraction of sp³-hybridized carbons (Fsp3) is 0.538. The number of nitrogens with zero attached hydrogens (tertiary/aromatic N) is 1. The Morgan fingerprint density at radius 3 is 2.95 bits per heavy atom. The molecular formula is C13H18ClFN2O3S. The van der Waals surface area contributed by atoms with Crippen molar-refractivity contribution in [1.29, 1.82) is 0 Å². The third-order valence-corrected chi connectivity index (χ3v) is 5.01. The van der Waals surface area contributed by atoms with E-state index in [9.17, 15) is 12.8 Å². The topological polar surface area (TPSA) is 58.6 Å². The minimum absolute atomic E-state index is 0.206. The maximum atomic E-state index is 13.8. The summed E-state index contributed by atoms with van der Waals surface area (Å²) < 4.78 is 45.6. The molecular weight excluding hydrogens is 319 g/mol. The SMILES string of the molecule is O=S(=O)(NCCN1CCCOCC1)c1cccc(Cl)c1F. The van der Waals surface area contributed by atoms with Gasteiger partial charge in [-0.25, -0.2) is 17.5 Å². The first-order chi connectivity index (χ1) is 10.0. The van der Waals surface area contributed by atoms with Crippen LogP contribution in [-0.4, -0.2) is 52.7 Å². The van der Waals surface area contributed by atoms with E-state index >= 15 is 0 Å². The summed E-state index contributed by atoms with van der Waals surface area (Å²) in [5.74, 6) is -0.921. The molecule has 0 aliphatic carbocycles. The number of halogens is 2. The van der Waals surface area contributed by atoms with Crippen molar-refractivity contribution in [3.05, 3.63) is 29.0 Å². The van der Waals surface area contributed by atoms with Gasteiger partial charge in [0.2, 0.25) is 10.0 Å². The number of ether oxygens (including phenoxy) is 1. The van der Waals surface area contributed by atoms with Crippen LogP contribution in [0.1, 0.15) is 6.42 Å².